The maximum absolute atomic E-state index is 12.2. The van der Waals surface area contributed by atoms with Crippen molar-refractivity contribution in [2.75, 3.05) is 12.4 Å². The molecule has 6 heteroatoms. The van der Waals surface area contributed by atoms with E-state index >= 15 is 0 Å². The van der Waals surface area contributed by atoms with Crippen LogP contribution in [0.3, 0.4) is 0 Å². The number of fused-ring (bicyclic) bond motifs is 1. The Bertz CT molecular complexity index is 966. The molecule has 1 aromatic heterocycles. The first kappa shape index (κ1) is 17.1. The predicted molar refractivity (Wildman–Crippen MR) is 102 cm³/mol. The van der Waals surface area contributed by atoms with Crippen LogP contribution >= 0.6 is 0 Å². The highest BCUT2D eigenvalue weighted by Crippen LogP contribution is 2.40. The van der Waals surface area contributed by atoms with Gasteiger partial charge in [0.1, 0.15) is 12.4 Å². The topological polar surface area (TPSA) is 65.4 Å². The summed E-state index contributed by atoms with van der Waals surface area (Å²) in [6.45, 7) is 0.448. The van der Waals surface area contributed by atoms with Gasteiger partial charge in [0.2, 0.25) is 5.91 Å². The Balaban J connectivity index is 1.65. The average Bonchev–Trinajstić information content (AvgIpc) is 3.07. The summed E-state index contributed by atoms with van der Waals surface area (Å²) in [6, 6.07) is 15.8. The molecular formula is C21H21N3O3. The number of carbonyl (C=O) groups is 1. The second kappa shape index (κ2) is 7.15. The second-order valence-corrected chi connectivity index (χ2v) is 6.56. The van der Waals surface area contributed by atoms with E-state index in [-0.39, 0.29) is 11.8 Å². The molecule has 1 N–H and O–H groups in total. The van der Waals surface area contributed by atoms with Gasteiger partial charge in [0.25, 0.3) is 0 Å². The first-order valence-electron chi connectivity index (χ1n) is 8.82. The highest BCUT2D eigenvalue weighted by atomic mass is 16.5. The van der Waals surface area contributed by atoms with Crippen LogP contribution in [0.4, 0.5) is 5.82 Å². The number of ether oxygens (including phenoxy) is 2. The van der Waals surface area contributed by atoms with Crippen molar-refractivity contribution in [1.82, 2.24) is 9.78 Å². The molecule has 138 valence electrons. The Hall–Kier alpha value is -3.28. The van der Waals surface area contributed by atoms with Gasteiger partial charge in [-0.3, -0.25) is 9.48 Å². The number of amides is 1. The van der Waals surface area contributed by atoms with E-state index in [1.807, 2.05) is 61.8 Å². The van der Waals surface area contributed by atoms with Gasteiger partial charge >= 0.3 is 0 Å². The van der Waals surface area contributed by atoms with Crippen molar-refractivity contribution in [2.24, 2.45) is 7.05 Å². The van der Waals surface area contributed by atoms with Gasteiger partial charge in [-0.25, -0.2) is 0 Å². The summed E-state index contributed by atoms with van der Waals surface area (Å²) < 4.78 is 13.2. The number of aromatic nitrogens is 2. The van der Waals surface area contributed by atoms with Crippen LogP contribution in [0.2, 0.25) is 0 Å². The molecule has 2 heterocycles. The van der Waals surface area contributed by atoms with E-state index in [2.05, 4.69) is 10.4 Å². The summed E-state index contributed by atoms with van der Waals surface area (Å²) >= 11 is 0. The second-order valence-electron chi connectivity index (χ2n) is 6.56. The third-order valence-electron chi connectivity index (χ3n) is 4.82. The predicted octanol–water partition coefficient (Wildman–Crippen LogP) is 3.48. The minimum Gasteiger partial charge on any atom is -0.493 e. The molecule has 0 spiro atoms. The molecule has 1 aliphatic rings. The first-order valence-corrected chi connectivity index (χ1v) is 8.82. The van der Waals surface area contributed by atoms with E-state index in [4.69, 9.17) is 9.47 Å². The molecule has 1 atom stereocenters. The van der Waals surface area contributed by atoms with Crippen molar-refractivity contribution in [3.63, 3.8) is 0 Å². The normalized spacial score (nSPS) is 15.8. The maximum atomic E-state index is 12.2. The molecule has 0 saturated carbocycles. The molecule has 6 nitrogen and oxygen atoms in total. The lowest BCUT2D eigenvalue weighted by atomic mass is 9.87. The Labute approximate surface area is 157 Å². The number of benzene rings is 2. The van der Waals surface area contributed by atoms with E-state index in [1.54, 1.807) is 11.8 Å². The third-order valence-corrected chi connectivity index (χ3v) is 4.82. The quantitative estimate of drug-likeness (QED) is 0.754. The smallest absolute Gasteiger partial charge is 0.226 e. The summed E-state index contributed by atoms with van der Waals surface area (Å²) in [4.78, 5) is 12.2. The van der Waals surface area contributed by atoms with E-state index in [0.29, 0.717) is 24.5 Å². The number of aryl methyl sites for hydroxylation is 1. The molecule has 1 amide bonds. The number of nitrogens with one attached hydrogen (secondary N) is 1. The van der Waals surface area contributed by atoms with E-state index in [0.717, 1.165) is 22.5 Å². The van der Waals surface area contributed by atoms with Crippen LogP contribution in [0.5, 0.6) is 11.5 Å². The molecule has 0 unspecified atom stereocenters. The van der Waals surface area contributed by atoms with Crippen molar-refractivity contribution in [3.8, 4) is 11.5 Å². The Morgan fingerprint density at radius 1 is 1.19 bits per heavy atom. The van der Waals surface area contributed by atoms with Crippen molar-refractivity contribution in [3.05, 3.63) is 71.4 Å². The highest BCUT2D eigenvalue weighted by Gasteiger charge is 2.29. The maximum Gasteiger partial charge on any atom is 0.226 e. The Morgan fingerprint density at radius 2 is 2.00 bits per heavy atom. The number of hydrogen-bond acceptors (Lipinski definition) is 4. The zero-order chi connectivity index (χ0) is 18.8. The first-order chi connectivity index (χ1) is 13.2. The van der Waals surface area contributed by atoms with E-state index in [9.17, 15) is 4.79 Å². The molecule has 0 aliphatic carbocycles. The van der Waals surface area contributed by atoms with Gasteiger partial charge in [0.05, 0.1) is 13.3 Å². The van der Waals surface area contributed by atoms with Crippen LogP contribution in [0.1, 0.15) is 29.0 Å². The average molecular weight is 363 g/mol. The molecule has 0 saturated heterocycles. The van der Waals surface area contributed by atoms with Crippen molar-refractivity contribution in [1.29, 1.82) is 0 Å². The SMILES string of the molecule is COc1ccc([C@H]2CC(=O)Nc3c2cnn3C)cc1OCc1ccccc1. The van der Waals surface area contributed by atoms with Gasteiger partial charge in [-0.05, 0) is 23.3 Å². The zero-order valence-electron chi connectivity index (χ0n) is 15.3. The van der Waals surface area contributed by atoms with Crippen LogP contribution in [0.15, 0.2) is 54.7 Å². The third kappa shape index (κ3) is 3.38. The minimum absolute atomic E-state index is 0.0151. The molecule has 1 aliphatic heterocycles. The van der Waals surface area contributed by atoms with Crippen LogP contribution in [-0.2, 0) is 18.4 Å². The summed E-state index contributed by atoms with van der Waals surface area (Å²) in [5.74, 6) is 2.00. The van der Waals surface area contributed by atoms with Gasteiger partial charge < -0.3 is 14.8 Å². The summed E-state index contributed by atoms with van der Waals surface area (Å²) in [6.07, 6.45) is 2.19. The van der Waals surface area contributed by atoms with Crippen molar-refractivity contribution in [2.45, 2.75) is 18.9 Å². The van der Waals surface area contributed by atoms with Crippen LogP contribution in [0.25, 0.3) is 0 Å². The molecule has 4 rings (SSSR count). The van der Waals surface area contributed by atoms with Crippen LogP contribution < -0.4 is 14.8 Å². The zero-order valence-corrected chi connectivity index (χ0v) is 15.3. The standard InChI is InChI=1S/C21H21N3O3/c1-24-21-17(12-22-24)16(11-20(25)23-21)15-8-9-18(26-2)19(10-15)27-13-14-6-4-3-5-7-14/h3-10,12,16H,11,13H2,1-2H3,(H,23,25)/t16-/m1/s1. The van der Waals surface area contributed by atoms with Crippen LogP contribution in [-0.4, -0.2) is 22.8 Å². The van der Waals surface area contributed by atoms with Crippen molar-refractivity contribution >= 4 is 11.7 Å². The lowest BCUT2D eigenvalue weighted by molar-refractivity contribution is -0.116. The summed E-state index contributed by atoms with van der Waals surface area (Å²) in [7, 11) is 3.45. The number of carbonyl (C=O) groups excluding carboxylic acids is 1. The number of rotatable bonds is 5. The largest absolute Gasteiger partial charge is 0.493 e. The highest BCUT2D eigenvalue weighted by molar-refractivity contribution is 5.94. The summed E-state index contributed by atoms with van der Waals surface area (Å²) in [5, 5.41) is 7.18. The molecule has 0 fully saturated rings. The van der Waals surface area contributed by atoms with Gasteiger partial charge in [-0.2, -0.15) is 5.10 Å². The molecular weight excluding hydrogens is 342 g/mol. The van der Waals surface area contributed by atoms with Crippen molar-refractivity contribution < 1.29 is 14.3 Å². The number of hydrogen-bond donors (Lipinski definition) is 1. The molecule has 0 bridgehead atoms. The number of anilines is 1. The van der Waals surface area contributed by atoms with E-state index in [1.165, 1.54) is 0 Å². The van der Waals surface area contributed by atoms with E-state index < -0.39 is 0 Å². The fourth-order valence-corrected chi connectivity index (χ4v) is 3.40. The van der Waals surface area contributed by atoms with Gasteiger partial charge in [0, 0.05) is 24.9 Å². The molecule has 3 aromatic rings. The fraction of sp³-hybridized carbons (Fsp3) is 0.238. The Morgan fingerprint density at radius 3 is 2.78 bits per heavy atom. The summed E-state index contributed by atoms with van der Waals surface area (Å²) in [5.41, 5.74) is 3.09. The molecule has 0 radical (unpaired) electrons. The minimum atomic E-state index is -0.0626. The van der Waals surface area contributed by atoms with Crippen LogP contribution in [0, 0.1) is 0 Å². The number of nitrogens with zero attached hydrogens (tertiary/aromatic N) is 2. The molecule has 27 heavy (non-hydrogen) atoms. The molecule has 2 aromatic carbocycles. The lowest BCUT2D eigenvalue weighted by Crippen LogP contribution is -2.24. The van der Waals surface area contributed by atoms with Gasteiger partial charge in [0.15, 0.2) is 11.5 Å². The van der Waals surface area contributed by atoms with Gasteiger partial charge in [-0.1, -0.05) is 36.4 Å². The fourth-order valence-electron chi connectivity index (χ4n) is 3.40. The monoisotopic (exact) mass is 363 g/mol. The van der Waals surface area contributed by atoms with Gasteiger partial charge in [-0.15, -0.1) is 0 Å². The number of methoxy groups -OCH3 is 1. The lowest BCUT2D eigenvalue weighted by Gasteiger charge is -2.24. The Kier molecular flexibility index (Phi) is 4.54.